The first kappa shape index (κ1) is 14.8. The van der Waals surface area contributed by atoms with Crippen molar-refractivity contribution < 1.29 is 9.84 Å². The van der Waals surface area contributed by atoms with Gasteiger partial charge in [0.25, 0.3) is 0 Å². The molecule has 3 heteroatoms. The Hall–Kier alpha value is -1.58. The largest absolute Gasteiger partial charge is 0.497 e. The molecule has 0 saturated heterocycles. The van der Waals surface area contributed by atoms with E-state index in [2.05, 4.69) is 43.4 Å². The van der Waals surface area contributed by atoms with Gasteiger partial charge in [-0.2, -0.15) is 0 Å². The fourth-order valence-corrected chi connectivity index (χ4v) is 2.39. The highest BCUT2D eigenvalue weighted by atomic mass is 16.5. The van der Waals surface area contributed by atoms with Crippen LogP contribution < -0.4 is 10.1 Å². The summed E-state index contributed by atoms with van der Waals surface area (Å²) in [6.07, 6.45) is 0.922. The van der Waals surface area contributed by atoms with E-state index in [0.717, 1.165) is 12.2 Å². The molecule has 0 amide bonds. The quantitative estimate of drug-likeness (QED) is 0.848. The number of rotatable bonds is 6. The molecule has 0 spiro atoms. The van der Waals surface area contributed by atoms with Gasteiger partial charge in [-0.15, -0.1) is 0 Å². The van der Waals surface area contributed by atoms with E-state index in [4.69, 9.17) is 4.74 Å². The summed E-state index contributed by atoms with van der Waals surface area (Å²) in [5.41, 5.74) is 1.23. The van der Waals surface area contributed by atoms with Crippen LogP contribution in [0.1, 0.15) is 31.9 Å². The first-order valence-corrected chi connectivity index (χ1v) is 7.12. The third-order valence-corrected chi connectivity index (χ3v) is 3.77. The van der Waals surface area contributed by atoms with E-state index in [1.165, 1.54) is 16.3 Å². The van der Waals surface area contributed by atoms with Crippen LogP contribution in [0, 0.1) is 0 Å². The Balaban J connectivity index is 2.22. The topological polar surface area (TPSA) is 41.5 Å². The molecule has 0 aliphatic heterocycles. The van der Waals surface area contributed by atoms with Crippen LogP contribution in [0.2, 0.25) is 0 Å². The molecule has 0 fully saturated rings. The highest BCUT2D eigenvalue weighted by Gasteiger charge is 2.11. The monoisotopic (exact) mass is 273 g/mol. The minimum absolute atomic E-state index is 0.150. The van der Waals surface area contributed by atoms with Crippen molar-refractivity contribution in [1.29, 1.82) is 0 Å². The Bertz CT molecular complexity index is 564. The van der Waals surface area contributed by atoms with Gasteiger partial charge in [-0.25, -0.2) is 0 Å². The van der Waals surface area contributed by atoms with E-state index in [1.54, 1.807) is 7.11 Å². The molecule has 2 atom stereocenters. The lowest BCUT2D eigenvalue weighted by molar-refractivity contribution is 0.230. The molecule has 20 heavy (non-hydrogen) atoms. The normalized spacial score (nSPS) is 14.2. The highest BCUT2D eigenvalue weighted by Crippen LogP contribution is 2.24. The minimum atomic E-state index is 0.150. The molecule has 0 aliphatic carbocycles. The average molecular weight is 273 g/mol. The van der Waals surface area contributed by atoms with Gasteiger partial charge in [0.05, 0.1) is 13.7 Å². The first-order valence-electron chi connectivity index (χ1n) is 7.12. The maximum Gasteiger partial charge on any atom is 0.119 e. The molecule has 0 bridgehead atoms. The van der Waals surface area contributed by atoms with E-state index in [1.807, 2.05) is 12.1 Å². The molecular formula is C17H23NO2. The van der Waals surface area contributed by atoms with Gasteiger partial charge in [0.1, 0.15) is 5.75 Å². The maximum absolute atomic E-state index is 9.27. The molecule has 2 aromatic carbocycles. The third-order valence-electron chi connectivity index (χ3n) is 3.77. The lowest BCUT2D eigenvalue weighted by Crippen LogP contribution is -2.33. The second-order valence-corrected chi connectivity index (χ2v) is 5.15. The molecule has 2 aromatic rings. The number of hydrogen-bond donors (Lipinski definition) is 2. The molecule has 3 nitrogen and oxygen atoms in total. The molecule has 1 unspecified atom stereocenters. The minimum Gasteiger partial charge on any atom is -0.497 e. The summed E-state index contributed by atoms with van der Waals surface area (Å²) in [7, 11) is 1.68. The zero-order chi connectivity index (χ0) is 14.5. The van der Waals surface area contributed by atoms with Gasteiger partial charge in [0, 0.05) is 12.1 Å². The summed E-state index contributed by atoms with van der Waals surface area (Å²) in [5, 5.41) is 15.1. The van der Waals surface area contributed by atoms with Crippen LogP contribution in [-0.2, 0) is 0 Å². The van der Waals surface area contributed by atoms with Crippen molar-refractivity contribution in [2.24, 2.45) is 0 Å². The third kappa shape index (κ3) is 3.30. The smallest absolute Gasteiger partial charge is 0.119 e. The molecule has 0 heterocycles. The number of ether oxygens (including phenoxy) is 1. The van der Waals surface area contributed by atoms with E-state index in [-0.39, 0.29) is 18.7 Å². The summed E-state index contributed by atoms with van der Waals surface area (Å²) < 4.78 is 5.24. The van der Waals surface area contributed by atoms with Gasteiger partial charge in [-0.1, -0.05) is 25.1 Å². The summed E-state index contributed by atoms with van der Waals surface area (Å²) in [6.45, 7) is 4.38. The number of nitrogens with one attached hydrogen (secondary N) is 1. The molecular weight excluding hydrogens is 250 g/mol. The molecule has 0 aromatic heterocycles. The SMILES string of the molecule is CC[C@H](CO)NC(C)c1ccc2cc(OC)ccc2c1. The Morgan fingerprint density at radius 3 is 2.50 bits per heavy atom. The van der Waals surface area contributed by atoms with Gasteiger partial charge < -0.3 is 15.2 Å². The van der Waals surface area contributed by atoms with Crippen molar-refractivity contribution in [2.75, 3.05) is 13.7 Å². The lowest BCUT2D eigenvalue weighted by atomic mass is 10.0. The Morgan fingerprint density at radius 1 is 1.15 bits per heavy atom. The average Bonchev–Trinajstić information content (AvgIpc) is 2.51. The lowest BCUT2D eigenvalue weighted by Gasteiger charge is -2.21. The zero-order valence-corrected chi connectivity index (χ0v) is 12.4. The molecule has 0 saturated carbocycles. The molecule has 108 valence electrons. The van der Waals surface area contributed by atoms with E-state index < -0.39 is 0 Å². The molecule has 2 rings (SSSR count). The molecule has 0 radical (unpaired) electrons. The van der Waals surface area contributed by atoms with Crippen molar-refractivity contribution in [1.82, 2.24) is 5.32 Å². The van der Waals surface area contributed by atoms with Gasteiger partial charge in [0.15, 0.2) is 0 Å². The fourth-order valence-electron chi connectivity index (χ4n) is 2.39. The zero-order valence-electron chi connectivity index (χ0n) is 12.4. The summed E-state index contributed by atoms with van der Waals surface area (Å²) in [4.78, 5) is 0. The van der Waals surface area contributed by atoms with Crippen molar-refractivity contribution in [3.8, 4) is 5.75 Å². The number of methoxy groups -OCH3 is 1. The summed E-state index contributed by atoms with van der Waals surface area (Å²) in [5.74, 6) is 0.878. The number of aliphatic hydroxyl groups excluding tert-OH is 1. The Labute approximate surface area is 120 Å². The van der Waals surface area contributed by atoms with Crippen LogP contribution in [0.15, 0.2) is 36.4 Å². The van der Waals surface area contributed by atoms with Crippen LogP contribution in [-0.4, -0.2) is 24.9 Å². The van der Waals surface area contributed by atoms with Gasteiger partial charge in [-0.05, 0) is 47.9 Å². The first-order chi connectivity index (χ1) is 9.67. The number of fused-ring (bicyclic) bond motifs is 1. The maximum atomic E-state index is 9.27. The van der Waals surface area contributed by atoms with Crippen LogP contribution in [0.5, 0.6) is 5.75 Å². The van der Waals surface area contributed by atoms with E-state index in [0.29, 0.717) is 0 Å². The molecule has 2 N–H and O–H groups in total. The number of benzene rings is 2. The van der Waals surface area contributed by atoms with Crippen molar-refractivity contribution in [2.45, 2.75) is 32.4 Å². The molecule has 0 aliphatic rings. The Morgan fingerprint density at radius 2 is 1.85 bits per heavy atom. The fraction of sp³-hybridized carbons (Fsp3) is 0.412. The highest BCUT2D eigenvalue weighted by molar-refractivity contribution is 5.84. The summed E-state index contributed by atoms with van der Waals surface area (Å²) in [6, 6.07) is 12.9. The standard InChI is InChI=1S/C17H23NO2/c1-4-16(11-19)18-12(2)13-5-6-15-10-17(20-3)8-7-14(15)9-13/h5-10,12,16,18-19H,4,11H2,1-3H3/t12?,16-/m1/s1. The number of aliphatic hydroxyl groups is 1. The van der Waals surface area contributed by atoms with Gasteiger partial charge in [0.2, 0.25) is 0 Å². The second kappa shape index (κ2) is 6.73. The number of hydrogen-bond acceptors (Lipinski definition) is 3. The van der Waals surface area contributed by atoms with Gasteiger partial charge in [-0.3, -0.25) is 0 Å². The van der Waals surface area contributed by atoms with Crippen molar-refractivity contribution >= 4 is 10.8 Å². The second-order valence-electron chi connectivity index (χ2n) is 5.15. The van der Waals surface area contributed by atoms with Crippen molar-refractivity contribution in [3.63, 3.8) is 0 Å². The predicted octanol–water partition coefficient (Wildman–Crippen LogP) is 3.27. The predicted molar refractivity (Wildman–Crippen MR) is 83.2 cm³/mol. The summed E-state index contributed by atoms with van der Waals surface area (Å²) >= 11 is 0. The van der Waals surface area contributed by atoms with E-state index >= 15 is 0 Å². The van der Waals surface area contributed by atoms with Gasteiger partial charge >= 0.3 is 0 Å². The van der Waals surface area contributed by atoms with Crippen LogP contribution >= 0.6 is 0 Å². The van der Waals surface area contributed by atoms with E-state index in [9.17, 15) is 5.11 Å². The van der Waals surface area contributed by atoms with Crippen LogP contribution in [0.25, 0.3) is 10.8 Å². The Kier molecular flexibility index (Phi) is 4.99. The van der Waals surface area contributed by atoms with Crippen molar-refractivity contribution in [3.05, 3.63) is 42.0 Å². The van der Waals surface area contributed by atoms with Crippen LogP contribution in [0.3, 0.4) is 0 Å². The van der Waals surface area contributed by atoms with Crippen LogP contribution in [0.4, 0.5) is 0 Å².